The van der Waals surface area contributed by atoms with Crippen molar-refractivity contribution in [3.8, 4) is 6.07 Å². The van der Waals surface area contributed by atoms with Gasteiger partial charge in [-0.3, -0.25) is 4.98 Å². The predicted octanol–water partition coefficient (Wildman–Crippen LogP) is 1.46. The monoisotopic (exact) mass is 198 g/mol. The summed E-state index contributed by atoms with van der Waals surface area (Å²) >= 11 is 0. The van der Waals surface area contributed by atoms with Crippen LogP contribution in [0.3, 0.4) is 0 Å². The molecule has 0 aromatic carbocycles. The first-order valence-corrected chi connectivity index (χ1v) is 4.72. The first-order chi connectivity index (χ1) is 7.40. The van der Waals surface area contributed by atoms with E-state index in [0.717, 1.165) is 24.2 Å². The first-order valence-electron chi connectivity index (χ1n) is 4.72. The molecule has 0 unspecified atom stereocenters. The topological polar surface area (TPSA) is 65.4 Å². The highest BCUT2D eigenvalue weighted by Gasteiger charge is 2.04. The average molecular weight is 198 g/mol. The van der Waals surface area contributed by atoms with E-state index < -0.39 is 0 Å². The van der Waals surface area contributed by atoms with Crippen LogP contribution < -0.4 is 0 Å². The van der Waals surface area contributed by atoms with Gasteiger partial charge in [-0.2, -0.15) is 5.26 Å². The van der Waals surface area contributed by atoms with Crippen LogP contribution in [-0.2, 0) is 12.8 Å². The molecule has 4 nitrogen and oxygen atoms in total. The van der Waals surface area contributed by atoms with Gasteiger partial charge in [-0.15, -0.1) is 0 Å². The van der Waals surface area contributed by atoms with Gasteiger partial charge in [0, 0.05) is 11.9 Å². The zero-order valence-electron chi connectivity index (χ0n) is 8.14. The molecule has 0 bridgehead atoms. The number of aromatic amines is 1. The Morgan fingerprint density at radius 1 is 1.27 bits per heavy atom. The molecule has 2 heterocycles. The second kappa shape index (κ2) is 4.38. The highest BCUT2D eigenvalue weighted by atomic mass is 14.9. The molecule has 0 saturated carbocycles. The summed E-state index contributed by atoms with van der Waals surface area (Å²) in [6.45, 7) is 0. The third-order valence-electron chi connectivity index (χ3n) is 2.18. The van der Waals surface area contributed by atoms with E-state index in [0.29, 0.717) is 5.69 Å². The minimum atomic E-state index is 0.478. The van der Waals surface area contributed by atoms with E-state index in [1.54, 1.807) is 12.5 Å². The van der Waals surface area contributed by atoms with Crippen LogP contribution in [0.1, 0.15) is 17.1 Å². The van der Waals surface area contributed by atoms with E-state index in [1.807, 2.05) is 24.3 Å². The molecule has 0 saturated heterocycles. The van der Waals surface area contributed by atoms with Crippen LogP contribution >= 0.6 is 0 Å². The summed E-state index contributed by atoms with van der Waals surface area (Å²) in [5.41, 5.74) is 2.38. The molecule has 2 rings (SSSR count). The highest BCUT2D eigenvalue weighted by Crippen LogP contribution is 2.05. The van der Waals surface area contributed by atoms with Crippen molar-refractivity contribution in [3.63, 3.8) is 0 Å². The SMILES string of the molecule is N#Cc1nc[nH]c1CCc1ccccn1. The fourth-order valence-electron chi connectivity index (χ4n) is 1.41. The fraction of sp³-hybridized carbons (Fsp3) is 0.182. The number of rotatable bonds is 3. The molecule has 0 spiro atoms. The van der Waals surface area contributed by atoms with Crippen molar-refractivity contribution in [2.75, 3.05) is 0 Å². The second-order valence-electron chi connectivity index (χ2n) is 3.16. The van der Waals surface area contributed by atoms with E-state index in [9.17, 15) is 0 Å². The molecule has 1 N–H and O–H groups in total. The molecule has 2 aromatic heterocycles. The first kappa shape index (κ1) is 9.41. The molecule has 0 aliphatic rings. The Morgan fingerprint density at radius 2 is 2.20 bits per heavy atom. The van der Waals surface area contributed by atoms with Gasteiger partial charge in [-0.05, 0) is 25.0 Å². The van der Waals surface area contributed by atoms with Crippen LogP contribution in [-0.4, -0.2) is 15.0 Å². The Bertz CT molecular complexity index is 467. The number of pyridine rings is 1. The number of nitriles is 1. The zero-order chi connectivity index (χ0) is 10.5. The summed E-state index contributed by atoms with van der Waals surface area (Å²) in [5.74, 6) is 0. The van der Waals surface area contributed by atoms with Gasteiger partial charge in [0.25, 0.3) is 0 Å². The quantitative estimate of drug-likeness (QED) is 0.812. The van der Waals surface area contributed by atoms with Crippen LogP contribution in [0.5, 0.6) is 0 Å². The lowest BCUT2D eigenvalue weighted by molar-refractivity contribution is 0.885. The van der Waals surface area contributed by atoms with Crippen LogP contribution in [0.25, 0.3) is 0 Å². The summed E-state index contributed by atoms with van der Waals surface area (Å²) in [6.07, 6.45) is 4.90. The van der Waals surface area contributed by atoms with Crippen molar-refractivity contribution in [1.82, 2.24) is 15.0 Å². The summed E-state index contributed by atoms with van der Waals surface area (Å²) in [5, 5.41) is 8.76. The van der Waals surface area contributed by atoms with Crippen molar-refractivity contribution in [2.45, 2.75) is 12.8 Å². The van der Waals surface area contributed by atoms with Gasteiger partial charge in [-0.1, -0.05) is 6.07 Å². The molecule has 0 fully saturated rings. The van der Waals surface area contributed by atoms with Gasteiger partial charge >= 0.3 is 0 Å². The maximum Gasteiger partial charge on any atom is 0.161 e. The number of imidazole rings is 1. The summed E-state index contributed by atoms with van der Waals surface area (Å²) in [6, 6.07) is 7.87. The molecule has 0 radical (unpaired) electrons. The molecule has 15 heavy (non-hydrogen) atoms. The smallest absolute Gasteiger partial charge is 0.161 e. The fourth-order valence-corrected chi connectivity index (χ4v) is 1.41. The predicted molar refractivity (Wildman–Crippen MR) is 54.9 cm³/mol. The van der Waals surface area contributed by atoms with Gasteiger partial charge in [0.2, 0.25) is 0 Å². The average Bonchev–Trinajstić information content (AvgIpc) is 2.75. The normalized spacial score (nSPS) is 9.80. The van der Waals surface area contributed by atoms with Crippen LogP contribution in [0.4, 0.5) is 0 Å². The van der Waals surface area contributed by atoms with Crippen molar-refractivity contribution >= 4 is 0 Å². The van der Waals surface area contributed by atoms with Gasteiger partial charge < -0.3 is 4.98 Å². The summed E-state index contributed by atoms with van der Waals surface area (Å²) in [4.78, 5) is 11.1. The van der Waals surface area contributed by atoms with Gasteiger partial charge in [0.05, 0.1) is 12.0 Å². The summed E-state index contributed by atoms with van der Waals surface area (Å²) in [7, 11) is 0. The van der Waals surface area contributed by atoms with Crippen LogP contribution in [0.2, 0.25) is 0 Å². The third-order valence-corrected chi connectivity index (χ3v) is 2.18. The van der Waals surface area contributed by atoms with Crippen molar-refractivity contribution in [3.05, 3.63) is 47.8 Å². The number of H-pyrrole nitrogens is 1. The number of aromatic nitrogens is 3. The Balaban J connectivity index is 2.03. The molecule has 4 heteroatoms. The maximum absolute atomic E-state index is 8.76. The molecule has 2 aromatic rings. The van der Waals surface area contributed by atoms with E-state index in [-0.39, 0.29) is 0 Å². The van der Waals surface area contributed by atoms with E-state index in [4.69, 9.17) is 5.26 Å². The molecule has 0 amide bonds. The zero-order valence-corrected chi connectivity index (χ0v) is 8.14. The maximum atomic E-state index is 8.76. The molecule has 0 aliphatic carbocycles. The Morgan fingerprint density at radius 3 is 2.93 bits per heavy atom. The minimum absolute atomic E-state index is 0.478. The largest absolute Gasteiger partial charge is 0.347 e. The van der Waals surface area contributed by atoms with Gasteiger partial charge in [-0.25, -0.2) is 4.98 Å². The van der Waals surface area contributed by atoms with Crippen molar-refractivity contribution < 1.29 is 0 Å². The van der Waals surface area contributed by atoms with Crippen molar-refractivity contribution in [2.24, 2.45) is 0 Å². The lowest BCUT2D eigenvalue weighted by Crippen LogP contribution is -1.96. The lowest BCUT2D eigenvalue weighted by atomic mass is 10.1. The van der Waals surface area contributed by atoms with Crippen LogP contribution in [0.15, 0.2) is 30.7 Å². The van der Waals surface area contributed by atoms with Crippen LogP contribution in [0, 0.1) is 11.3 Å². The number of aryl methyl sites for hydroxylation is 2. The number of hydrogen-bond acceptors (Lipinski definition) is 3. The number of nitrogens with one attached hydrogen (secondary N) is 1. The Kier molecular flexibility index (Phi) is 2.75. The number of nitrogens with zero attached hydrogens (tertiary/aromatic N) is 3. The molecule has 0 atom stereocenters. The Labute approximate surface area is 87.6 Å². The second-order valence-corrected chi connectivity index (χ2v) is 3.16. The third kappa shape index (κ3) is 2.20. The molecular weight excluding hydrogens is 188 g/mol. The highest BCUT2D eigenvalue weighted by molar-refractivity contribution is 5.25. The standard InChI is InChI=1S/C11H10N4/c12-7-11-10(14-8-15-11)5-4-9-3-1-2-6-13-9/h1-3,6,8H,4-5H2,(H,14,15). The van der Waals surface area contributed by atoms with E-state index in [1.165, 1.54) is 0 Å². The van der Waals surface area contributed by atoms with E-state index >= 15 is 0 Å². The number of hydrogen-bond donors (Lipinski definition) is 1. The van der Waals surface area contributed by atoms with Gasteiger partial charge in [0.1, 0.15) is 6.07 Å². The summed E-state index contributed by atoms with van der Waals surface area (Å²) < 4.78 is 0. The molecule has 0 aliphatic heterocycles. The van der Waals surface area contributed by atoms with Crippen molar-refractivity contribution in [1.29, 1.82) is 5.26 Å². The Hall–Kier alpha value is -2.15. The molecule has 74 valence electrons. The lowest BCUT2D eigenvalue weighted by Gasteiger charge is -1.98. The molecular formula is C11H10N4. The van der Waals surface area contributed by atoms with E-state index in [2.05, 4.69) is 15.0 Å². The minimum Gasteiger partial charge on any atom is -0.347 e. The van der Waals surface area contributed by atoms with Gasteiger partial charge in [0.15, 0.2) is 5.69 Å².